The van der Waals surface area contributed by atoms with Crippen molar-refractivity contribution >= 4 is 39.6 Å². The van der Waals surface area contributed by atoms with Gasteiger partial charge < -0.3 is 9.64 Å². The standard InChI is InChI=1S/C17H22BrNO3S/c1-3-5-10-22-17(21)14-11-23-15(4-2)19(14)16(20)12-6-8-13(18)9-7-12/h6-9,14-15H,3-5,10-11H2,1-2H3. The number of ether oxygens (including phenoxy) is 1. The monoisotopic (exact) mass is 399 g/mol. The van der Waals surface area contributed by atoms with Gasteiger partial charge in [0.15, 0.2) is 0 Å². The third kappa shape index (κ3) is 4.51. The number of unbranched alkanes of at least 4 members (excludes halogenated alkanes) is 1. The van der Waals surface area contributed by atoms with Crippen LogP contribution in [0.5, 0.6) is 0 Å². The molecule has 0 bridgehead atoms. The number of halogens is 1. The number of amides is 1. The summed E-state index contributed by atoms with van der Waals surface area (Å²) in [6.45, 7) is 4.51. The summed E-state index contributed by atoms with van der Waals surface area (Å²) in [5.74, 6) is 0.213. The minimum Gasteiger partial charge on any atom is -0.464 e. The Kier molecular flexibility index (Phi) is 6.96. The molecule has 2 atom stereocenters. The maximum Gasteiger partial charge on any atom is 0.329 e. The van der Waals surface area contributed by atoms with Gasteiger partial charge in [-0.05, 0) is 37.1 Å². The van der Waals surface area contributed by atoms with Crippen LogP contribution in [-0.4, -0.2) is 40.6 Å². The van der Waals surface area contributed by atoms with Crippen LogP contribution in [0.1, 0.15) is 43.5 Å². The smallest absolute Gasteiger partial charge is 0.329 e. The van der Waals surface area contributed by atoms with Crippen molar-refractivity contribution in [2.45, 2.75) is 44.5 Å². The van der Waals surface area contributed by atoms with Gasteiger partial charge in [0.05, 0.1) is 12.0 Å². The Morgan fingerprint density at radius 1 is 1.30 bits per heavy atom. The van der Waals surface area contributed by atoms with E-state index < -0.39 is 6.04 Å². The highest BCUT2D eigenvalue weighted by atomic mass is 79.9. The molecule has 2 unspecified atom stereocenters. The highest BCUT2D eigenvalue weighted by molar-refractivity contribution is 9.10. The predicted molar refractivity (Wildman–Crippen MR) is 96.5 cm³/mol. The Labute approximate surface area is 150 Å². The lowest BCUT2D eigenvalue weighted by Gasteiger charge is -2.27. The minimum atomic E-state index is -0.488. The molecule has 0 spiro atoms. The molecule has 0 saturated carbocycles. The van der Waals surface area contributed by atoms with Gasteiger partial charge in [0.2, 0.25) is 0 Å². The van der Waals surface area contributed by atoms with Crippen molar-refractivity contribution in [3.8, 4) is 0 Å². The van der Waals surface area contributed by atoms with Crippen LogP contribution in [-0.2, 0) is 9.53 Å². The number of hydrogen-bond acceptors (Lipinski definition) is 4. The molecule has 0 N–H and O–H groups in total. The van der Waals surface area contributed by atoms with Crippen molar-refractivity contribution in [2.24, 2.45) is 0 Å². The Balaban J connectivity index is 2.14. The molecule has 1 saturated heterocycles. The fourth-order valence-electron chi connectivity index (χ4n) is 2.49. The molecule has 2 rings (SSSR count). The van der Waals surface area contributed by atoms with E-state index in [4.69, 9.17) is 4.74 Å². The SMILES string of the molecule is CCCCOC(=O)C1CSC(CC)N1C(=O)c1ccc(Br)cc1. The summed E-state index contributed by atoms with van der Waals surface area (Å²) >= 11 is 5.02. The summed E-state index contributed by atoms with van der Waals surface area (Å²) in [7, 11) is 0. The zero-order chi connectivity index (χ0) is 16.8. The molecule has 126 valence electrons. The molecule has 0 aromatic heterocycles. The number of carbonyl (C=O) groups excluding carboxylic acids is 2. The minimum absolute atomic E-state index is 0.0230. The zero-order valence-electron chi connectivity index (χ0n) is 13.5. The second kappa shape index (κ2) is 8.73. The van der Waals surface area contributed by atoms with Gasteiger partial charge in [-0.25, -0.2) is 4.79 Å². The van der Waals surface area contributed by atoms with Crippen LogP contribution in [0, 0.1) is 0 Å². The third-order valence-electron chi connectivity index (χ3n) is 3.78. The Bertz CT molecular complexity index is 549. The second-order valence-electron chi connectivity index (χ2n) is 5.45. The van der Waals surface area contributed by atoms with Crippen LogP contribution in [0.25, 0.3) is 0 Å². The molecule has 1 aromatic carbocycles. The summed E-state index contributed by atoms with van der Waals surface area (Å²) < 4.78 is 6.26. The highest BCUT2D eigenvalue weighted by Gasteiger charge is 2.41. The van der Waals surface area contributed by atoms with E-state index in [0.717, 1.165) is 23.7 Å². The van der Waals surface area contributed by atoms with Gasteiger partial charge in [0.1, 0.15) is 6.04 Å². The Morgan fingerprint density at radius 2 is 2.00 bits per heavy atom. The van der Waals surface area contributed by atoms with Crippen LogP contribution >= 0.6 is 27.7 Å². The Morgan fingerprint density at radius 3 is 2.61 bits per heavy atom. The van der Waals surface area contributed by atoms with Gasteiger partial charge in [-0.3, -0.25) is 4.79 Å². The molecule has 0 aliphatic carbocycles. The molecule has 1 aliphatic rings. The summed E-state index contributed by atoms with van der Waals surface area (Å²) in [6.07, 6.45) is 2.64. The van der Waals surface area contributed by atoms with Crippen molar-refractivity contribution in [2.75, 3.05) is 12.4 Å². The summed E-state index contributed by atoms with van der Waals surface area (Å²) in [6, 6.07) is 6.75. The number of hydrogen-bond donors (Lipinski definition) is 0. The molecule has 1 amide bonds. The van der Waals surface area contributed by atoms with Crippen LogP contribution in [0.2, 0.25) is 0 Å². The van der Waals surface area contributed by atoms with Gasteiger partial charge in [0.25, 0.3) is 5.91 Å². The molecule has 1 aromatic rings. The van der Waals surface area contributed by atoms with E-state index in [1.807, 2.05) is 19.1 Å². The maximum absolute atomic E-state index is 12.9. The number of rotatable bonds is 6. The number of benzene rings is 1. The highest BCUT2D eigenvalue weighted by Crippen LogP contribution is 2.33. The Hall–Kier alpha value is -1.01. The first-order chi connectivity index (χ1) is 11.1. The molecule has 23 heavy (non-hydrogen) atoms. The number of thioether (sulfide) groups is 1. The molecular formula is C17H22BrNO3S. The summed E-state index contributed by atoms with van der Waals surface area (Å²) in [5.41, 5.74) is 0.598. The molecule has 1 aliphatic heterocycles. The maximum atomic E-state index is 12.9. The van der Waals surface area contributed by atoms with Gasteiger partial charge in [0, 0.05) is 15.8 Å². The third-order valence-corrected chi connectivity index (χ3v) is 5.76. The van der Waals surface area contributed by atoms with Gasteiger partial charge in [-0.1, -0.05) is 36.2 Å². The van der Waals surface area contributed by atoms with Gasteiger partial charge in [-0.2, -0.15) is 0 Å². The average Bonchev–Trinajstić information content (AvgIpc) is 2.99. The van der Waals surface area contributed by atoms with E-state index in [2.05, 4.69) is 22.9 Å². The lowest BCUT2D eigenvalue weighted by Crippen LogP contribution is -2.46. The van der Waals surface area contributed by atoms with Gasteiger partial charge in [-0.15, -0.1) is 11.8 Å². The summed E-state index contributed by atoms with van der Waals surface area (Å²) in [4.78, 5) is 26.9. The summed E-state index contributed by atoms with van der Waals surface area (Å²) in [5, 5.41) is 0.0230. The van der Waals surface area contributed by atoms with Crippen molar-refractivity contribution in [1.29, 1.82) is 0 Å². The number of nitrogens with zero attached hydrogens (tertiary/aromatic N) is 1. The fourth-order valence-corrected chi connectivity index (χ4v) is 4.09. The molecule has 6 heteroatoms. The van der Waals surface area contributed by atoms with E-state index >= 15 is 0 Å². The van der Waals surface area contributed by atoms with E-state index in [9.17, 15) is 9.59 Å². The molecule has 1 fully saturated rings. The van der Waals surface area contributed by atoms with E-state index in [1.54, 1.807) is 28.8 Å². The first-order valence-corrected chi connectivity index (χ1v) is 9.79. The molecular weight excluding hydrogens is 378 g/mol. The number of esters is 1. The lowest BCUT2D eigenvalue weighted by atomic mass is 10.1. The van der Waals surface area contributed by atoms with Gasteiger partial charge >= 0.3 is 5.97 Å². The first kappa shape index (κ1) is 18.3. The van der Waals surface area contributed by atoms with E-state index in [1.165, 1.54) is 0 Å². The normalized spacial score (nSPS) is 20.6. The van der Waals surface area contributed by atoms with Crippen LogP contribution < -0.4 is 0 Å². The first-order valence-electron chi connectivity index (χ1n) is 7.95. The fraction of sp³-hybridized carbons (Fsp3) is 0.529. The van der Waals surface area contributed by atoms with Crippen molar-refractivity contribution in [3.05, 3.63) is 34.3 Å². The van der Waals surface area contributed by atoms with Crippen molar-refractivity contribution < 1.29 is 14.3 Å². The quantitative estimate of drug-likeness (QED) is 0.533. The van der Waals surface area contributed by atoms with Crippen molar-refractivity contribution in [1.82, 2.24) is 4.90 Å². The predicted octanol–water partition coefficient (Wildman–Crippen LogP) is 4.09. The van der Waals surface area contributed by atoms with Crippen LogP contribution in [0.3, 0.4) is 0 Å². The number of carbonyl (C=O) groups is 2. The van der Waals surface area contributed by atoms with E-state index in [-0.39, 0.29) is 17.3 Å². The lowest BCUT2D eigenvalue weighted by molar-refractivity contribution is -0.148. The van der Waals surface area contributed by atoms with Crippen molar-refractivity contribution in [3.63, 3.8) is 0 Å². The second-order valence-corrected chi connectivity index (χ2v) is 7.58. The van der Waals surface area contributed by atoms with E-state index in [0.29, 0.717) is 17.9 Å². The molecule has 1 heterocycles. The topological polar surface area (TPSA) is 46.6 Å². The molecule has 0 radical (unpaired) electrons. The van der Waals surface area contributed by atoms with Crippen LogP contribution in [0.15, 0.2) is 28.7 Å². The average molecular weight is 400 g/mol. The zero-order valence-corrected chi connectivity index (χ0v) is 15.9. The largest absolute Gasteiger partial charge is 0.464 e. The van der Waals surface area contributed by atoms with Crippen LogP contribution in [0.4, 0.5) is 0 Å². The molecule has 4 nitrogen and oxygen atoms in total.